The van der Waals surface area contributed by atoms with Crippen molar-refractivity contribution in [2.24, 2.45) is 0 Å². The van der Waals surface area contributed by atoms with Gasteiger partial charge in [0.15, 0.2) is 17.3 Å². The number of hydrogen-bond donors (Lipinski definition) is 7. The quantitative estimate of drug-likeness (QED) is 0.199. The lowest BCUT2D eigenvalue weighted by Gasteiger charge is -2.41. The summed E-state index contributed by atoms with van der Waals surface area (Å²) in [6.45, 7) is 2.52. The highest BCUT2D eigenvalue weighted by Gasteiger charge is 2.53. The minimum absolute atomic E-state index is 0.0921. The van der Waals surface area contributed by atoms with E-state index in [2.05, 4.69) is 5.32 Å². The number of nitrogens with one attached hydrogen (secondary N) is 1. The summed E-state index contributed by atoms with van der Waals surface area (Å²) in [6, 6.07) is 2.90. The fourth-order valence-electron chi connectivity index (χ4n) is 4.46. The van der Waals surface area contributed by atoms with Crippen LogP contribution in [0.15, 0.2) is 23.8 Å². The molecule has 0 bridgehead atoms. The molecule has 0 spiro atoms. The van der Waals surface area contributed by atoms with Crippen LogP contribution in [0.5, 0.6) is 11.5 Å². The number of rotatable bonds is 6. The summed E-state index contributed by atoms with van der Waals surface area (Å²) in [5.41, 5.74) is 0.545. The van der Waals surface area contributed by atoms with Gasteiger partial charge in [0, 0.05) is 5.57 Å². The number of Topliss-reactive ketones (excluding diaryl/α,β-unsaturated/α-hetero) is 1. The van der Waals surface area contributed by atoms with Crippen molar-refractivity contribution in [3.05, 3.63) is 29.3 Å². The zero-order valence-corrected chi connectivity index (χ0v) is 19.4. The maximum atomic E-state index is 12.7. The Balaban J connectivity index is 1.41. The molecule has 2 saturated heterocycles. The summed E-state index contributed by atoms with van der Waals surface area (Å²) in [6.07, 6.45) is -10.2. The SMILES string of the molecule is CC(=O)[C@@H]1O[C@@H](Oc2ccc(/C=C(\C)C(=O)N[C@@H]3[C@H](O)[C@@H](O)[C@H]4OCO[C@H]4[C@@H]3O)cc2O)[C@@H](O)[C@@H]1O. The predicted octanol–water partition coefficient (Wildman–Crippen LogP) is -2.47. The molecule has 1 aromatic rings. The van der Waals surface area contributed by atoms with Gasteiger partial charge in [-0.25, -0.2) is 0 Å². The Labute approximate surface area is 205 Å². The van der Waals surface area contributed by atoms with E-state index in [1.165, 1.54) is 38.1 Å². The van der Waals surface area contributed by atoms with Crippen LogP contribution >= 0.6 is 0 Å². The summed E-state index contributed by atoms with van der Waals surface area (Å²) in [5, 5.41) is 63.9. The Kier molecular flexibility index (Phi) is 7.64. The zero-order valence-electron chi connectivity index (χ0n) is 19.4. The van der Waals surface area contributed by atoms with Crippen molar-refractivity contribution < 1.29 is 59.2 Å². The topological polar surface area (TPSA) is 204 Å². The molecule has 1 aromatic carbocycles. The number of benzene rings is 1. The van der Waals surface area contributed by atoms with Gasteiger partial charge in [0.25, 0.3) is 0 Å². The first kappa shape index (κ1) is 26.4. The third-order valence-corrected chi connectivity index (χ3v) is 6.49. The van der Waals surface area contributed by atoms with Crippen molar-refractivity contribution in [3.8, 4) is 11.5 Å². The van der Waals surface area contributed by atoms with E-state index in [-0.39, 0.29) is 23.9 Å². The van der Waals surface area contributed by atoms with Crippen molar-refractivity contribution in [3.63, 3.8) is 0 Å². The molecule has 10 atom stereocenters. The summed E-state index contributed by atoms with van der Waals surface area (Å²) in [7, 11) is 0. The normalized spacial score (nSPS) is 38.5. The van der Waals surface area contributed by atoms with E-state index in [1.54, 1.807) is 0 Å². The monoisotopic (exact) mass is 511 g/mol. The Morgan fingerprint density at radius 3 is 2.25 bits per heavy atom. The van der Waals surface area contributed by atoms with Crippen LogP contribution in [-0.2, 0) is 23.8 Å². The largest absolute Gasteiger partial charge is 0.504 e. The molecule has 3 fully saturated rings. The molecule has 13 nitrogen and oxygen atoms in total. The van der Waals surface area contributed by atoms with E-state index >= 15 is 0 Å². The average molecular weight is 511 g/mol. The van der Waals surface area contributed by atoms with Gasteiger partial charge in [0.2, 0.25) is 12.2 Å². The number of carbonyl (C=O) groups excluding carboxylic acids is 2. The molecule has 0 aromatic heterocycles. The molecule has 198 valence electrons. The van der Waals surface area contributed by atoms with Crippen LogP contribution in [-0.4, -0.2) is 110 Å². The van der Waals surface area contributed by atoms with Gasteiger partial charge in [-0.3, -0.25) is 9.59 Å². The van der Waals surface area contributed by atoms with Gasteiger partial charge < -0.3 is 54.9 Å². The number of aromatic hydroxyl groups is 1. The second-order valence-electron chi connectivity index (χ2n) is 9.04. The average Bonchev–Trinajstić information content (AvgIpc) is 3.43. The number of ether oxygens (including phenoxy) is 4. The smallest absolute Gasteiger partial charge is 0.247 e. The van der Waals surface area contributed by atoms with Gasteiger partial charge in [-0.1, -0.05) is 6.07 Å². The Morgan fingerprint density at radius 1 is 0.972 bits per heavy atom. The maximum absolute atomic E-state index is 12.7. The van der Waals surface area contributed by atoms with E-state index < -0.39 is 72.9 Å². The molecule has 7 N–H and O–H groups in total. The number of phenolic OH excluding ortho intramolecular Hbond substituents is 1. The first-order valence-electron chi connectivity index (χ1n) is 11.3. The maximum Gasteiger partial charge on any atom is 0.247 e. The minimum Gasteiger partial charge on any atom is -0.504 e. The van der Waals surface area contributed by atoms with Gasteiger partial charge in [0.05, 0.1) is 6.04 Å². The van der Waals surface area contributed by atoms with Crippen LogP contribution < -0.4 is 10.1 Å². The van der Waals surface area contributed by atoms with Crippen LogP contribution in [0.3, 0.4) is 0 Å². The highest BCUT2D eigenvalue weighted by molar-refractivity contribution is 5.97. The number of hydrogen-bond acceptors (Lipinski definition) is 12. The summed E-state index contributed by atoms with van der Waals surface area (Å²) in [4.78, 5) is 24.2. The second-order valence-corrected chi connectivity index (χ2v) is 9.04. The molecule has 0 radical (unpaired) electrons. The summed E-state index contributed by atoms with van der Waals surface area (Å²) < 4.78 is 21.1. The fraction of sp³-hybridized carbons (Fsp3) is 0.565. The van der Waals surface area contributed by atoms with E-state index in [1.807, 2.05) is 0 Å². The van der Waals surface area contributed by atoms with Crippen molar-refractivity contribution >= 4 is 17.8 Å². The lowest BCUT2D eigenvalue weighted by atomic mass is 9.83. The van der Waals surface area contributed by atoms with E-state index in [4.69, 9.17) is 18.9 Å². The summed E-state index contributed by atoms with van der Waals surface area (Å²) >= 11 is 0. The van der Waals surface area contributed by atoms with Crippen LogP contribution in [0.4, 0.5) is 0 Å². The van der Waals surface area contributed by atoms with Crippen molar-refractivity contribution in [2.75, 3.05) is 6.79 Å². The Morgan fingerprint density at radius 2 is 1.64 bits per heavy atom. The first-order chi connectivity index (χ1) is 17.0. The molecular formula is C23H29NO12. The first-order valence-corrected chi connectivity index (χ1v) is 11.3. The molecular weight excluding hydrogens is 482 g/mol. The highest BCUT2D eigenvalue weighted by Crippen LogP contribution is 2.33. The second kappa shape index (κ2) is 10.4. The molecule has 1 saturated carbocycles. The standard InChI is InChI=1S/C23H29NO12/c1-8(22(32)24-13-14(27)16(29)21-20(15(13)28)33-7-34-21)5-10-3-4-12(11(26)6-10)35-23-18(31)17(30)19(36-23)9(2)25/h3-6,13-21,23,26-31H,7H2,1-2H3,(H,24,32)/b8-5+/t13-,14+,15-,16-,17+,18+,19+,20+,21-,23-/m1/s1. The van der Waals surface area contributed by atoms with Crippen LogP contribution in [0.25, 0.3) is 6.08 Å². The number of aliphatic hydroxyl groups excluding tert-OH is 5. The number of aliphatic hydroxyl groups is 5. The third kappa shape index (κ3) is 4.96. The predicted molar refractivity (Wildman–Crippen MR) is 118 cm³/mol. The Bertz CT molecular complexity index is 1030. The van der Waals surface area contributed by atoms with Crippen molar-refractivity contribution in [1.82, 2.24) is 5.32 Å². The molecule has 36 heavy (non-hydrogen) atoms. The summed E-state index contributed by atoms with van der Waals surface area (Å²) in [5.74, 6) is -1.59. The van der Waals surface area contributed by atoms with Crippen LogP contribution in [0, 0.1) is 0 Å². The van der Waals surface area contributed by atoms with E-state index in [0.717, 1.165) is 0 Å². The molecule has 3 aliphatic rings. The fourth-order valence-corrected chi connectivity index (χ4v) is 4.46. The number of amides is 1. The lowest BCUT2D eigenvalue weighted by Crippen LogP contribution is -2.67. The molecule has 4 rings (SSSR count). The molecule has 13 heteroatoms. The van der Waals surface area contributed by atoms with Crippen molar-refractivity contribution in [1.29, 1.82) is 0 Å². The zero-order chi connectivity index (χ0) is 26.3. The highest BCUT2D eigenvalue weighted by atomic mass is 16.7. The molecule has 0 unspecified atom stereocenters. The number of phenols is 1. The number of carbonyl (C=O) groups is 2. The number of fused-ring (bicyclic) bond motifs is 1. The van der Waals surface area contributed by atoms with Gasteiger partial charge in [-0.05, 0) is 37.6 Å². The minimum atomic E-state index is -1.51. The van der Waals surface area contributed by atoms with Gasteiger partial charge in [-0.2, -0.15) is 0 Å². The van der Waals surface area contributed by atoms with Gasteiger partial charge in [0.1, 0.15) is 55.6 Å². The third-order valence-electron chi connectivity index (χ3n) is 6.49. The molecule has 1 amide bonds. The Hall–Kier alpha value is -2.62. The molecule has 1 aliphatic carbocycles. The van der Waals surface area contributed by atoms with Gasteiger partial charge in [-0.15, -0.1) is 0 Å². The van der Waals surface area contributed by atoms with Crippen LogP contribution in [0.1, 0.15) is 19.4 Å². The van der Waals surface area contributed by atoms with Crippen molar-refractivity contribution in [2.45, 2.75) is 75.0 Å². The van der Waals surface area contributed by atoms with E-state index in [9.17, 15) is 40.2 Å². The lowest BCUT2D eigenvalue weighted by molar-refractivity contribution is -0.155. The van der Waals surface area contributed by atoms with Gasteiger partial charge >= 0.3 is 0 Å². The molecule has 2 heterocycles. The molecule has 2 aliphatic heterocycles. The van der Waals surface area contributed by atoms with Crippen LogP contribution in [0.2, 0.25) is 0 Å². The van der Waals surface area contributed by atoms with E-state index in [0.29, 0.717) is 5.56 Å². The number of ketones is 1.